The van der Waals surface area contributed by atoms with Gasteiger partial charge in [0.2, 0.25) is 0 Å². The molecule has 19 heavy (non-hydrogen) atoms. The van der Waals surface area contributed by atoms with Crippen molar-refractivity contribution < 1.29 is 5.11 Å². The molecular weight excluding hydrogens is 236 g/mol. The molecule has 0 radical (unpaired) electrons. The lowest BCUT2D eigenvalue weighted by molar-refractivity contribution is 0.178. The first-order valence-corrected chi connectivity index (χ1v) is 6.57. The van der Waals surface area contributed by atoms with Gasteiger partial charge in [-0.2, -0.15) is 0 Å². The highest BCUT2D eigenvalue weighted by Crippen LogP contribution is 2.23. The summed E-state index contributed by atoms with van der Waals surface area (Å²) in [5.74, 6) is 0. The maximum atomic E-state index is 9.27. The molecule has 3 nitrogen and oxygen atoms in total. The molecule has 0 amide bonds. The molecule has 0 aliphatic rings. The largest absolute Gasteiger partial charge is 0.396 e. The summed E-state index contributed by atoms with van der Waals surface area (Å²) in [6.07, 6.45) is 2.54. The van der Waals surface area contributed by atoms with Crippen molar-refractivity contribution in [2.75, 3.05) is 13.7 Å². The van der Waals surface area contributed by atoms with Crippen LogP contribution in [0.5, 0.6) is 0 Å². The van der Waals surface area contributed by atoms with Gasteiger partial charge in [0.25, 0.3) is 0 Å². The van der Waals surface area contributed by atoms with E-state index >= 15 is 0 Å². The zero-order valence-electron chi connectivity index (χ0n) is 11.2. The summed E-state index contributed by atoms with van der Waals surface area (Å²) in [6, 6.07) is 16.5. The van der Waals surface area contributed by atoms with E-state index in [1.165, 1.54) is 5.56 Å². The van der Waals surface area contributed by atoms with E-state index in [9.17, 15) is 5.11 Å². The van der Waals surface area contributed by atoms with Gasteiger partial charge in [-0.3, -0.25) is 9.88 Å². The fourth-order valence-electron chi connectivity index (χ4n) is 2.30. The molecule has 0 saturated heterocycles. The average molecular weight is 256 g/mol. The summed E-state index contributed by atoms with van der Waals surface area (Å²) in [5, 5.41) is 9.27. The van der Waals surface area contributed by atoms with Crippen LogP contribution in [0.15, 0.2) is 54.7 Å². The Morgan fingerprint density at radius 2 is 1.84 bits per heavy atom. The SMILES string of the molecule is CN(Cc1ccccn1)C(CCO)c1ccccc1. The van der Waals surface area contributed by atoms with Gasteiger partial charge in [0, 0.05) is 25.4 Å². The van der Waals surface area contributed by atoms with Crippen LogP contribution in [-0.2, 0) is 6.54 Å². The Bertz CT molecular complexity index is 473. The molecule has 1 heterocycles. The predicted molar refractivity (Wildman–Crippen MR) is 76.6 cm³/mol. The van der Waals surface area contributed by atoms with Gasteiger partial charge in [-0.1, -0.05) is 36.4 Å². The smallest absolute Gasteiger partial charge is 0.0544 e. The van der Waals surface area contributed by atoms with E-state index in [4.69, 9.17) is 0 Å². The summed E-state index contributed by atoms with van der Waals surface area (Å²) < 4.78 is 0. The second-order valence-corrected chi connectivity index (χ2v) is 4.67. The number of rotatable bonds is 6. The van der Waals surface area contributed by atoms with Crippen molar-refractivity contribution in [1.82, 2.24) is 9.88 Å². The lowest BCUT2D eigenvalue weighted by Gasteiger charge is -2.27. The third kappa shape index (κ3) is 3.88. The Balaban J connectivity index is 2.11. The molecule has 0 fully saturated rings. The molecular formula is C16H20N2O. The number of aromatic nitrogens is 1. The molecule has 0 saturated carbocycles. The van der Waals surface area contributed by atoms with Crippen molar-refractivity contribution in [3.63, 3.8) is 0 Å². The number of nitrogens with zero attached hydrogens (tertiary/aromatic N) is 2. The van der Waals surface area contributed by atoms with Crippen molar-refractivity contribution in [1.29, 1.82) is 0 Å². The van der Waals surface area contributed by atoms with E-state index in [0.29, 0.717) is 0 Å². The van der Waals surface area contributed by atoms with Crippen molar-refractivity contribution >= 4 is 0 Å². The summed E-state index contributed by atoms with van der Waals surface area (Å²) in [7, 11) is 2.07. The van der Waals surface area contributed by atoms with Crippen LogP contribution in [0.1, 0.15) is 23.7 Å². The molecule has 0 spiro atoms. The normalized spacial score (nSPS) is 12.6. The van der Waals surface area contributed by atoms with Gasteiger partial charge in [0.05, 0.1) is 5.69 Å². The van der Waals surface area contributed by atoms with Crippen LogP contribution in [0.4, 0.5) is 0 Å². The minimum absolute atomic E-state index is 0.187. The number of hydrogen-bond acceptors (Lipinski definition) is 3. The fraction of sp³-hybridized carbons (Fsp3) is 0.312. The topological polar surface area (TPSA) is 36.4 Å². The van der Waals surface area contributed by atoms with Gasteiger partial charge in [0.1, 0.15) is 0 Å². The highest BCUT2D eigenvalue weighted by atomic mass is 16.3. The van der Waals surface area contributed by atoms with Crippen molar-refractivity contribution in [3.8, 4) is 0 Å². The molecule has 0 aliphatic carbocycles. The third-order valence-corrected chi connectivity index (χ3v) is 3.26. The van der Waals surface area contributed by atoms with Crippen LogP contribution in [0.25, 0.3) is 0 Å². The molecule has 2 rings (SSSR count). The van der Waals surface area contributed by atoms with Gasteiger partial charge in [-0.15, -0.1) is 0 Å². The minimum Gasteiger partial charge on any atom is -0.396 e. The standard InChI is InChI=1S/C16H20N2O/c1-18(13-15-9-5-6-11-17-15)16(10-12-19)14-7-3-2-4-8-14/h2-9,11,16,19H,10,12-13H2,1H3. The van der Waals surface area contributed by atoms with Gasteiger partial charge in [-0.25, -0.2) is 0 Å². The molecule has 1 N–H and O–H groups in total. The second-order valence-electron chi connectivity index (χ2n) is 4.67. The maximum absolute atomic E-state index is 9.27. The van der Waals surface area contributed by atoms with Gasteiger partial charge >= 0.3 is 0 Å². The Morgan fingerprint density at radius 1 is 1.11 bits per heavy atom. The van der Waals surface area contributed by atoms with Crippen LogP contribution in [-0.4, -0.2) is 28.6 Å². The predicted octanol–water partition coefficient (Wildman–Crippen LogP) is 2.64. The van der Waals surface area contributed by atoms with Crippen molar-refractivity contribution in [2.45, 2.75) is 19.0 Å². The van der Waals surface area contributed by atoms with E-state index in [2.05, 4.69) is 29.1 Å². The third-order valence-electron chi connectivity index (χ3n) is 3.26. The van der Waals surface area contributed by atoms with Gasteiger partial charge in [-0.05, 0) is 31.2 Å². The molecule has 3 heteroatoms. The number of pyridine rings is 1. The molecule has 1 aromatic carbocycles. The van der Waals surface area contributed by atoms with Crippen LogP contribution in [0.3, 0.4) is 0 Å². The van der Waals surface area contributed by atoms with E-state index in [-0.39, 0.29) is 12.6 Å². The van der Waals surface area contributed by atoms with Crippen molar-refractivity contribution in [2.24, 2.45) is 0 Å². The first-order chi connectivity index (χ1) is 9.31. The molecule has 2 aromatic rings. The first-order valence-electron chi connectivity index (χ1n) is 6.57. The first kappa shape index (κ1) is 13.7. The van der Waals surface area contributed by atoms with Crippen molar-refractivity contribution in [3.05, 3.63) is 66.0 Å². The van der Waals surface area contributed by atoms with Crippen LogP contribution in [0, 0.1) is 0 Å². The Hall–Kier alpha value is -1.71. The number of hydrogen-bond donors (Lipinski definition) is 1. The highest BCUT2D eigenvalue weighted by Gasteiger charge is 2.16. The Morgan fingerprint density at radius 3 is 2.47 bits per heavy atom. The van der Waals surface area contributed by atoms with Gasteiger partial charge < -0.3 is 5.11 Å². The maximum Gasteiger partial charge on any atom is 0.0544 e. The number of aliphatic hydroxyl groups excluding tert-OH is 1. The quantitative estimate of drug-likeness (QED) is 0.863. The minimum atomic E-state index is 0.187. The highest BCUT2D eigenvalue weighted by molar-refractivity contribution is 5.19. The molecule has 1 aromatic heterocycles. The Labute approximate surface area is 114 Å². The van der Waals surface area contributed by atoms with E-state index < -0.39 is 0 Å². The number of aliphatic hydroxyl groups is 1. The number of benzene rings is 1. The molecule has 0 bridgehead atoms. The van der Waals surface area contributed by atoms with E-state index in [1.807, 2.05) is 42.6 Å². The van der Waals surface area contributed by atoms with Crippen LogP contribution < -0.4 is 0 Å². The summed E-state index contributed by atoms with van der Waals surface area (Å²) in [5.41, 5.74) is 2.28. The lowest BCUT2D eigenvalue weighted by Crippen LogP contribution is -2.25. The summed E-state index contributed by atoms with van der Waals surface area (Å²) in [6.45, 7) is 0.965. The van der Waals surface area contributed by atoms with Crippen LogP contribution in [0.2, 0.25) is 0 Å². The second kappa shape index (κ2) is 7.02. The molecule has 1 atom stereocenters. The lowest BCUT2D eigenvalue weighted by atomic mass is 10.0. The zero-order chi connectivity index (χ0) is 13.5. The Kier molecular flexibility index (Phi) is 5.07. The summed E-state index contributed by atoms with van der Waals surface area (Å²) >= 11 is 0. The molecule has 0 aliphatic heterocycles. The monoisotopic (exact) mass is 256 g/mol. The molecule has 100 valence electrons. The van der Waals surface area contributed by atoms with E-state index in [1.54, 1.807) is 0 Å². The van der Waals surface area contributed by atoms with Crippen LogP contribution >= 0.6 is 0 Å². The van der Waals surface area contributed by atoms with Gasteiger partial charge in [0.15, 0.2) is 0 Å². The zero-order valence-corrected chi connectivity index (χ0v) is 11.2. The fourth-order valence-corrected chi connectivity index (χ4v) is 2.30. The van der Waals surface area contributed by atoms with E-state index in [0.717, 1.165) is 18.7 Å². The summed E-state index contributed by atoms with van der Waals surface area (Å²) in [4.78, 5) is 6.58. The molecule has 1 unspecified atom stereocenters. The average Bonchev–Trinajstić information content (AvgIpc) is 2.46.